The van der Waals surface area contributed by atoms with Gasteiger partial charge in [-0.05, 0) is 12.8 Å². The third-order valence-corrected chi connectivity index (χ3v) is 6.16. The van der Waals surface area contributed by atoms with Crippen LogP contribution in [0.25, 0.3) is 0 Å². The van der Waals surface area contributed by atoms with Crippen molar-refractivity contribution in [1.29, 1.82) is 0 Å². The molecule has 0 heteroatoms. The van der Waals surface area contributed by atoms with E-state index in [1.807, 2.05) is 0 Å². The first kappa shape index (κ1) is 28.6. The number of hydrogen-bond acceptors (Lipinski definition) is 0. The lowest BCUT2D eigenvalue weighted by molar-refractivity contribution is 0.519. The molecule has 0 fully saturated rings. The van der Waals surface area contributed by atoms with E-state index in [1.165, 1.54) is 148 Å². The molecule has 0 atom stereocenters. The average Bonchev–Trinajstić information content (AvgIpc) is 2.74. The predicted octanol–water partition coefficient (Wildman–Crippen LogP) is 10.8. The highest BCUT2D eigenvalue weighted by molar-refractivity contribution is 4.98. The van der Waals surface area contributed by atoms with Crippen LogP contribution in [0.5, 0.6) is 0 Å². The lowest BCUT2D eigenvalue weighted by Gasteiger charge is -2.04. The Labute approximate surface area is 186 Å². The normalized spacial score (nSPS) is 10.8. The van der Waals surface area contributed by atoms with Gasteiger partial charge < -0.3 is 0 Å². The molecule has 0 bridgehead atoms. The SMILES string of the molecule is CCCC#CCCCCCCCCCCCCCCCCCCCCCCCC. The van der Waals surface area contributed by atoms with E-state index in [0.29, 0.717) is 0 Å². The fourth-order valence-electron chi connectivity index (χ4n) is 4.12. The largest absolute Gasteiger partial charge is 0.103 e. The molecule has 0 amide bonds. The van der Waals surface area contributed by atoms with Crippen LogP contribution in [-0.2, 0) is 0 Å². The van der Waals surface area contributed by atoms with E-state index in [0.717, 1.165) is 12.8 Å². The van der Waals surface area contributed by atoms with Crippen molar-refractivity contribution in [1.82, 2.24) is 0 Å². The molecule has 0 aromatic heterocycles. The van der Waals surface area contributed by atoms with E-state index >= 15 is 0 Å². The van der Waals surface area contributed by atoms with Gasteiger partial charge in [-0.25, -0.2) is 0 Å². The Morgan fingerprint density at radius 1 is 0.276 bits per heavy atom. The van der Waals surface area contributed by atoms with Gasteiger partial charge >= 0.3 is 0 Å². The Hall–Kier alpha value is -0.440. The summed E-state index contributed by atoms with van der Waals surface area (Å²) >= 11 is 0. The van der Waals surface area contributed by atoms with Gasteiger partial charge in [0.15, 0.2) is 0 Å². The standard InChI is InChI=1S/C29H56/c1-3-5-7-9-11-13-15-17-19-21-23-25-27-29-28-26-24-22-20-18-16-14-12-10-8-6-4-2/h3-7,9,11-29H2,1-2H3. The molecule has 0 radical (unpaired) electrons. The molecule has 0 aliphatic carbocycles. The monoisotopic (exact) mass is 404 g/mol. The van der Waals surface area contributed by atoms with Crippen LogP contribution in [0.1, 0.15) is 174 Å². The summed E-state index contributed by atoms with van der Waals surface area (Å²) in [5.41, 5.74) is 0. The lowest BCUT2D eigenvalue weighted by Crippen LogP contribution is -1.84. The maximum absolute atomic E-state index is 3.30. The molecule has 29 heavy (non-hydrogen) atoms. The van der Waals surface area contributed by atoms with Gasteiger partial charge in [0.25, 0.3) is 0 Å². The number of rotatable bonds is 23. The zero-order valence-electron chi connectivity index (χ0n) is 20.7. The third kappa shape index (κ3) is 27.6. The van der Waals surface area contributed by atoms with Crippen molar-refractivity contribution in [3.05, 3.63) is 0 Å². The highest BCUT2D eigenvalue weighted by Gasteiger charge is 1.95. The Bertz CT molecular complexity index is 332. The van der Waals surface area contributed by atoms with Gasteiger partial charge in [-0.3, -0.25) is 0 Å². The van der Waals surface area contributed by atoms with E-state index in [1.54, 1.807) is 0 Å². The predicted molar refractivity (Wildman–Crippen MR) is 135 cm³/mol. The average molecular weight is 405 g/mol. The maximum atomic E-state index is 3.30. The van der Waals surface area contributed by atoms with Gasteiger partial charge in [0.1, 0.15) is 0 Å². The Balaban J connectivity index is 3.01. The van der Waals surface area contributed by atoms with Crippen LogP contribution in [0.4, 0.5) is 0 Å². The van der Waals surface area contributed by atoms with E-state index in [4.69, 9.17) is 0 Å². The van der Waals surface area contributed by atoms with Crippen LogP contribution in [0.15, 0.2) is 0 Å². The molecular weight excluding hydrogens is 348 g/mol. The molecule has 0 nitrogen and oxygen atoms in total. The van der Waals surface area contributed by atoms with Gasteiger partial charge in [-0.2, -0.15) is 0 Å². The summed E-state index contributed by atoms with van der Waals surface area (Å²) in [4.78, 5) is 0. The molecular formula is C29H56. The Morgan fingerprint density at radius 2 is 0.552 bits per heavy atom. The molecule has 0 saturated heterocycles. The molecule has 0 saturated carbocycles. The quantitative estimate of drug-likeness (QED) is 0.117. The topological polar surface area (TPSA) is 0 Å². The maximum Gasteiger partial charge on any atom is 0.00886 e. The van der Waals surface area contributed by atoms with Crippen molar-refractivity contribution in [2.75, 3.05) is 0 Å². The summed E-state index contributed by atoms with van der Waals surface area (Å²) in [5, 5.41) is 0. The smallest absolute Gasteiger partial charge is 0.00886 e. The molecule has 172 valence electrons. The van der Waals surface area contributed by atoms with Crippen LogP contribution in [0.2, 0.25) is 0 Å². The van der Waals surface area contributed by atoms with Crippen LogP contribution >= 0.6 is 0 Å². The second kappa shape index (κ2) is 27.6. The first-order valence-electron chi connectivity index (χ1n) is 13.9. The van der Waals surface area contributed by atoms with Crippen LogP contribution in [0.3, 0.4) is 0 Å². The minimum Gasteiger partial charge on any atom is -0.103 e. The fourth-order valence-corrected chi connectivity index (χ4v) is 4.12. The Kier molecular flexibility index (Phi) is 27.1. The molecule has 0 N–H and O–H groups in total. The summed E-state index contributed by atoms with van der Waals surface area (Å²) < 4.78 is 0. The van der Waals surface area contributed by atoms with Crippen molar-refractivity contribution in [2.45, 2.75) is 174 Å². The Morgan fingerprint density at radius 3 is 0.862 bits per heavy atom. The van der Waals surface area contributed by atoms with Crippen molar-refractivity contribution in [3.8, 4) is 11.8 Å². The van der Waals surface area contributed by atoms with Gasteiger partial charge in [0.05, 0.1) is 0 Å². The number of hydrogen-bond donors (Lipinski definition) is 0. The molecule has 0 aliphatic heterocycles. The van der Waals surface area contributed by atoms with Crippen molar-refractivity contribution in [3.63, 3.8) is 0 Å². The fraction of sp³-hybridized carbons (Fsp3) is 0.931. The first-order valence-corrected chi connectivity index (χ1v) is 13.9. The molecule has 0 aromatic carbocycles. The molecule has 0 aromatic rings. The summed E-state index contributed by atoms with van der Waals surface area (Å²) in [6, 6.07) is 0. The van der Waals surface area contributed by atoms with Gasteiger partial charge in [0, 0.05) is 12.8 Å². The van der Waals surface area contributed by atoms with Crippen molar-refractivity contribution < 1.29 is 0 Å². The van der Waals surface area contributed by atoms with Crippen molar-refractivity contribution >= 4 is 0 Å². The zero-order valence-corrected chi connectivity index (χ0v) is 20.7. The minimum absolute atomic E-state index is 1.08. The van der Waals surface area contributed by atoms with E-state index < -0.39 is 0 Å². The number of unbranched alkanes of at least 4 members (excludes halogenated alkanes) is 23. The van der Waals surface area contributed by atoms with Gasteiger partial charge in [-0.15, -0.1) is 11.8 Å². The highest BCUT2D eigenvalue weighted by atomic mass is 14.0. The minimum atomic E-state index is 1.08. The zero-order chi connectivity index (χ0) is 21.1. The highest BCUT2D eigenvalue weighted by Crippen LogP contribution is 2.15. The molecule has 0 spiro atoms. The van der Waals surface area contributed by atoms with E-state index in [2.05, 4.69) is 25.7 Å². The molecule has 0 rings (SSSR count). The van der Waals surface area contributed by atoms with Crippen LogP contribution < -0.4 is 0 Å². The summed E-state index contributed by atoms with van der Waals surface area (Å²) in [6.07, 6.45) is 35.4. The summed E-state index contributed by atoms with van der Waals surface area (Å²) in [7, 11) is 0. The molecule has 0 unspecified atom stereocenters. The second-order valence-corrected chi connectivity index (χ2v) is 9.28. The summed E-state index contributed by atoms with van der Waals surface area (Å²) in [6.45, 7) is 4.50. The summed E-state index contributed by atoms with van der Waals surface area (Å²) in [5.74, 6) is 6.55. The molecule has 0 aliphatic rings. The van der Waals surface area contributed by atoms with E-state index in [9.17, 15) is 0 Å². The van der Waals surface area contributed by atoms with Crippen LogP contribution in [-0.4, -0.2) is 0 Å². The third-order valence-electron chi connectivity index (χ3n) is 6.16. The lowest BCUT2D eigenvalue weighted by atomic mass is 10.0. The van der Waals surface area contributed by atoms with Crippen molar-refractivity contribution in [2.24, 2.45) is 0 Å². The molecule has 0 heterocycles. The van der Waals surface area contributed by atoms with E-state index in [-0.39, 0.29) is 0 Å². The van der Waals surface area contributed by atoms with Crippen LogP contribution in [0, 0.1) is 11.8 Å². The first-order chi connectivity index (χ1) is 14.4. The van der Waals surface area contributed by atoms with Gasteiger partial charge in [0.2, 0.25) is 0 Å². The second-order valence-electron chi connectivity index (χ2n) is 9.28. The van der Waals surface area contributed by atoms with Gasteiger partial charge in [-0.1, -0.05) is 149 Å².